The van der Waals surface area contributed by atoms with Gasteiger partial charge in [0.25, 0.3) is 0 Å². The van der Waals surface area contributed by atoms with Crippen LogP contribution in [0.4, 0.5) is 0 Å². The molecule has 0 rings (SSSR count). The summed E-state index contributed by atoms with van der Waals surface area (Å²) in [6, 6.07) is -2.08. The number of nitrogens with two attached hydrogens (primary N) is 2. The predicted molar refractivity (Wildman–Crippen MR) is 73.2 cm³/mol. The molecule has 0 amide bonds. The molecule has 8 nitrogen and oxygen atoms in total. The number of hydrogen-bond acceptors (Lipinski definition) is 6. The lowest BCUT2D eigenvalue weighted by molar-refractivity contribution is -0.143. The highest BCUT2D eigenvalue weighted by Crippen LogP contribution is 2.03. The van der Waals surface area contributed by atoms with Gasteiger partial charge >= 0.3 is 11.9 Å². The Morgan fingerprint density at radius 1 is 1.05 bits per heavy atom. The van der Waals surface area contributed by atoms with Crippen LogP contribution in [0.5, 0.6) is 0 Å². The maximum absolute atomic E-state index is 10.2. The van der Waals surface area contributed by atoms with Gasteiger partial charge in [-0.05, 0) is 19.8 Å². The highest BCUT2D eigenvalue weighted by molar-refractivity contribution is 5.74. The largest absolute Gasteiger partial charge is 0.480 e. The van der Waals surface area contributed by atoms with E-state index in [1.807, 2.05) is 0 Å². The highest BCUT2D eigenvalue weighted by atomic mass is 16.5. The Morgan fingerprint density at radius 2 is 1.45 bits per heavy atom. The molecule has 0 saturated carbocycles. The van der Waals surface area contributed by atoms with E-state index in [0.29, 0.717) is 6.61 Å². The molecule has 0 radical (unpaired) electrons. The first kappa shape index (κ1) is 21.1. The Morgan fingerprint density at radius 3 is 1.65 bits per heavy atom. The summed E-state index contributed by atoms with van der Waals surface area (Å²) >= 11 is 0. The van der Waals surface area contributed by atoms with Gasteiger partial charge in [-0.3, -0.25) is 9.59 Å². The van der Waals surface area contributed by atoms with E-state index < -0.39 is 36.2 Å². The lowest BCUT2D eigenvalue weighted by atomic mass is 10.0. The fourth-order valence-corrected chi connectivity index (χ4v) is 1.13. The number of carbonyl (C=O) groups is 2. The number of ether oxygens (including phenoxy) is 1. The fourth-order valence-electron chi connectivity index (χ4n) is 1.13. The quantitative estimate of drug-likeness (QED) is 0.410. The summed E-state index contributed by atoms with van der Waals surface area (Å²) in [6.07, 6.45) is -1.38. The lowest BCUT2D eigenvalue weighted by Gasteiger charge is -2.17. The van der Waals surface area contributed by atoms with Crippen molar-refractivity contribution >= 4 is 11.9 Å². The van der Waals surface area contributed by atoms with E-state index in [9.17, 15) is 9.59 Å². The van der Waals surface area contributed by atoms with Gasteiger partial charge < -0.3 is 31.5 Å². The number of carboxylic acids is 2. The number of hydrogen-bond donors (Lipinski definition) is 5. The van der Waals surface area contributed by atoms with Gasteiger partial charge in [0, 0.05) is 6.61 Å². The third-order valence-corrected chi connectivity index (χ3v) is 2.56. The average Bonchev–Trinajstić information content (AvgIpc) is 2.36. The first-order chi connectivity index (χ1) is 9.06. The Bertz CT molecular complexity index is 298. The predicted octanol–water partition coefficient (Wildman–Crippen LogP) is -0.761. The topological polar surface area (TPSA) is 156 Å². The van der Waals surface area contributed by atoms with Gasteiger partial charge in [-0.2, -0.15) is 0 Å². The van der Waals surface area contributed by atoms with Crippen LogP contribution in [0.2, 0.25) is 0 Å². The van der Waals surface area contributed by atoms with E-state index in [4.69, 9.17) is 31.5 Å². The van der Waals surface area contributed by atoms with Crippen LogP contribution in [-0.4, -0.2) is 58.2 Å². The highest BCUT2D eigenvalue weighted by Gasteiger charge is 2.24. The molecule has 0 bridgehead atoms. The molecular weight excluding hydrogens is 268 g/mol. The molecule has 0 aliphatic carbocycles. The van der Waals surface area contributed by atoms with Crippen molar-refractivity contribution in [2.75, 3.05) is 6.61 Å². The second-order valence-corrected chi connectivity index (χ2v) is 4.62. The van der Waals surface area contributed by atoms with Crippen molar-refractivity contribution in [1.82, 2.24) is 0 Å². The Kier molecular flexibility index (Phi) is 11.1. The molecule has 0 aromatic carbocycles. The molecule has 20 heavy (non-hydrogen) atoms. The average molecular weight is 294 g/mol. The molecule has 0 aromatic heterocycles. The van der Waals surface area contributed by atoms with Crippen molar-refractivity contribution in [3.63, 3.8) is 0 Å². The summed E-state index contributed by atoms with van der Waals surface area (Å²) < 4.78 is 4.96. The third kappa shape index (κ3) is 8.81. The summed E-state index contributed by atoms with van der Waals surface area (Å²) in [4.78, 5) is 20.4. The van der Waals surface area contributed by atoms with Gasteiger partial charge in [0.05, 0.1) is 12.2 Å². The summed E-state index contributed by atoms with van der Waals surface area (Å²) in [7, 11) is 0. The van der Waals surface area contributed by atoms with Gasteiger partial charge in [-0.15, -0.1) is 0 Å². The summed E-state index contributed by atoms with van der Waals surface area (Å²) in [5.41, 5.74) is 10.3. The molecule has 0 aliphatic rings. The number of aliphatic hydroxyl groups is 1. The molecule has 8 heteroatoms. The Labute approximate surface area is 118 Å². The van der Waals surface area contributed by atoms with Gasteiger partial charge in [0.2, 0.25) is 0 Å². The number of aliphatic carboxylic acids is 2. The van der Waals surface area contributed by atoms with Crippen LogP contribution in [0.15, 0.2) is 0 Å². The Hall–Kier alpha value is -1.22. The smallest absolute Gasteiger partial charge is 0.323 e. The molecular formula is C12H26N2O6. The van der Waals surface area contributed by atoms with Crippen LogP contribution >= 0.6 is 0 Å². The maximum atomic E-state index is 10.2. The molecule has 0 heterocycles. The first-order valence-electron chi connectivity index (χ1n) is 6.32. The van der Waals surface area contributed by atoms with Crippen LogP contribution in [-0.2, 0) is 14.3 Å². The zero-order valence-electron chi connectivity index (χ0n) is 12.3. The minimum Gasteiger partial charge on any atom is -0.480 e. The van der Waals surface area contributed by atoms with Gasteiger partial charge in [-0.25, -0.2) is 0 Å². The summed E-state index contributed by atoms with van der Waals surface area (Å²) in [6.45, 7) is 7.36. The van der Waals surface area contributed by atoms with Crippen molar-refractivity contribution in [3.05, 3.63) is 0 Å². The number of aliphatic hydroxyl groups excluding tert-OH is 1. The molecule has 0 saturated heterocycles. The zero-order valence-corrected chi connectivity index (χ0v) is 12.3. The number of carboxylic acid groups (broad SMARTS) is 2. The monoisotopic (exact) mass is 294 g/mol. The third-order valence-electron chi connectivity index (χ3n) is 2.56. The van der Waals surface area contributed by atoms with E-state index in [2.05, 4.69) is 0 Å². The van der Waals surface area contributed by atoms with Gasteiger partial charge in [0.15, 0.2) is 0 Å². The zero-order chi connectivity index (χ0) is 16.5. The maximum Gasteiger partial charge on any atom is 0.323 e. The minimum absolute atomic E-state index is 0.119. The van der Waals surface area contributed by atoms with Crippen LogP contribution in [0, 0.1) is 5.92 Å². The van der Waals surface area contributed by atoms with Gasteiger partial charge in [-0.1, -0.05) is 13.8 Å². The minimum atomic E-state index is -1.17. The molecule has 7 N–H and O–H groups in total. The number of rotatable bonds is 7. The molecule has 0 aromatic rings. The van der Waals surface area contributed by atoms with Crippen LogP contribution in [0.25, 0.3) is 0 Å². The second kappa shape index (κ2) is 10.6. The van der Waals surface area contributed by atoms with Crippen molar-refractivity contribution in [2.45, 2.75) is 52.0 Å². The summed E-state index contributed by atoms with van der Waals surface area (Å²) in [5, 5.41) is 25.7. The van der Waals surface area contributed by atoms with Crippen LogP contribution in [0.1, 0.15) is 27.7 Å². The van der Waals surface area contributed by atoms with Crippen molar-refractivity contribution in [3.8, 4) is 0 Å². The molecule has 4 atom stereocenters. The second-order valence-electron chi connectivity index (χ2n) is 4.62. The lowest BCUT2D eigenvalue weighted by Crippen LogP contribution is -2.44. The first-order valence-corrected chi connectivity index (χ1v) is 6.32. The van der Waals surface area contributed by atoms with Crippen LogP contribution < -0.4 is 11.5 Å². The Balaban J connectivity index is 0. The molecule has 0 aliphatic heterocycles. The van der Waals surface area contributed by atoms with E-state index in [1.165, 1.54) is 0 Å². The fraction of sp³-hybridized carbons (Fsp3) is 0.833. The van der Waals surface area contributed by atoms with E-state index >= 15 is 0 Å². The molecule has 4 unspecified atom stereocenters. The standard InChI is InChI=1S/2C6H13NO3/c1-3-10-4(2)5(7)6(8)9;1-3(2)5(8)4(7)6(9)10/h4-5H,3,7H2,1-2H3,(H,8,9);3-5,8H,7H2,1-2H3,(H,9,10). The summed E-state index contributed by atoms with van der Waals surface area (Å²) in [5.74, 6) is -2.31. The van der Waals surface area contributed by atoms with E-state index in [-0.39, 0.29) is 5.92 Å². The van der Waals surface area contributed by atoms with E-state index in [0.717, 1.165) is 0 Å². The van der Waals surface area contributed by atoms with Crippen molar-refractivity contribution < 1.29 is 29.6 Å². The van der Waals surface area contributed by atoms with Crippen molar-refractivity contribution in [2.24, 2.45) is 17.4 Å². The molecule has 0 fully saturated rings. The SMILES string of the molecule is CC(C)C(O)C(N)C(=O)O.CCOC(C)C(N)C(=O)O. The van der Waals surface area contributed by atoms with Crippen molar-refractivity contribution in [1.29, 1.82) is 0 Å². The molecule has 0 spiro atoms. The van der Waals surface area contributed by atoms with E-state index in [1.54, 1.807) is 27.7 Å². The van der Waals surface area contributed by atoms with Crippen LogP contribution in [0.3, 0.4) is 0 Å². The molecule has 120 valence electrons. The normalized spacial score (nSPS) is 16.6. The van der Waals surface area contributed by atoms with Gasteiger partial charge in [0.1, 0.15) is 12.1 Å².